The number of hydrogen-bond acceptors (Lipinski definition) is 6. The molecule has 3 aromatic rings. The van der Waals surface area contributed by atoms with Gasteiger partial charge in [0.15, 0.2) is 11.5 Å². The quantitative estimate of drug-likeness (QED) is 0.601. The summed E-state index contributed by atoms with van der Waals surface area (Å²) in [6.07, 6.45) is 0. The maximum Gasteiger partial charge on any atom is 0.285 e. The van der Waals surface area contributed by atoms with Crippen LogP contribution in [0.3, 0.4) is 0 Å². The van der Waals surface area contributed by atoms with Crippen LogP contribution in [0.25, 0.3) is 10.2 Å². The molecule has 0 aliphatic rings. The van der Waals surface area contributed by atoms with E-state index in [0.717, 1.165) is 10.2 Å². The third-order valence-electron chi connectivity index (χ3n) is 3.95. The van der Waals surface area contributed by atoms with Crippen molar-refractivity contribution in [1.29, 1.82) is 0 Å². The van der Waals surface area contributed by atoms with Gasteiger partial charge in [-0.15, -0.1) is 4.40 Å². The molecule has 0 saturated carbocycles. The molecule has 0 fully saturated rings. The number of rotatable bonds is 7. The van der Waals surface area contributed by atoms with Crippen LogP contribution in [0.1, 0.15) is 0 Å². The second kappa shape index (κ2) is 8.12. The van der Waals surface area contributed by atoms with Gasteiger partial charge >= 0.3 is 0 Å². The van der Waals surface area contributed by atoms with Gasteiger partial charge in [0.2, 0.25) is 4.80 Å². The van der Waals surface area contributed by atoms with Gasteiger partial charge in [0.05, 0.1) is 35.9 Å². The van der Waals surface area contributed by atoms with Gasteiger partial charge in [-0.2, -0.15) is 8.42 Å². The summed E-state index contributed by atoms with van der Waals surface area (Å²) in [5.74, 6) is 1.13. The molecule has 0 saturated heterocycles. The third-order valence-corrected chi connectivity index (χ3v) is 6.38. The molecule has 3 rings (SSSR count). The molecule has 27 heavy (non-hydrogen) atoms. The largest absolute Gasteiger partial charge is 0.493 e. The molecule has 0 bridgehead atoms. The number of sulfonamides is 1. The number of nitrogens with zero attached hydrogens (tertiary/aromatic N) is 2. The fourth-order valence-electron chi connectivity index (χ4n) is 2.61. The highest BCUT2D eigenvalue weighted by Crippen LogP contribution is 2.33. The molecule has 0 radical (unpaired) electrons. The highest BCUT2D eigenvalue weighted by atomic mass is 32.2. The van der Waals surface area contributed by atoms with Crippen LogP contribution in [0.15, 0.2) is 51.8 Å². The molecule has 0 N–H and O–H groups in total. The Bertz CT molecular complexity index is 1100. The van der Waals surface area contributed by atoms with E-state index in [4.69, 9.17) is 14.2 Å². The minimum Gasteiger partial charge on any atom is -0.493 e. The second-order valence-electron chi connectivity index (χ2n) is 5.58. The van der Waals surface area contributed by atoms with Crippen molar-refractivity contribution in [1.82, 2.24) is 4.57 Å². The number of aromatic nitrogens is 1. The van der Waals surface area contributed by atoms with E-state index in [2.05, 4.69) is 4.40 Å². The molecule has 144 valence electrons. The SMILES string of the molecule is COCCn1c(=NS(=O)(=O)c2ccccc2)sc2cc(OC)c(OC)cc21. The van der Waals surface area contributed by atoms with Crippen LogP contribution in [-0.2, 0) is 21.3 Å². The maximum absolute atomic E-state index is 12.7. The van der Waals surface area contributed by atoms with E-state index in [0.29, 0.717) is 29.5 Å². The summed E-state index contributed by atoms with van der Waals surface area (Å²) in [6, 6.07) is 11.8. The third kappa shape index (κ3) is 4.00. The molecule has 0 amide bonds. The normalized spacial score (nSPS) is 12.5. The molecule has 2 aromatic carbocycles. The van der Waals surface area contributed by atoms with Crippen LogP contribution >= 0.6 is 11.3 Å². The Morgan fingerprint density at radius 1 is 1.04 bits per heavy atom. The molecule has 0 atom stereocenters. The fraction of sp³-hybridized carbons (Fsp3) is 0.278. The molecule has 1 aromatic heterocycles. The number of thiazole rings is 1. The number of benzene rings is 2. The smallest absolute Gasteiger partial charge is 0.285 e. The Morgan fingerprint density at radius 3 is 2.33 bits per heavy atom. The van der Waals surface area contributed by atoms with Gasteiger partial charge in [0, 0.05) is 25.8 Å². The number of fused-ring (bicyclic) bond motifs is 1. The van der Waals surface area contributed by atoms with Crippen LogP contribution in [-0.4, -0.2) is 40.9 Å². The molecule has 7 nitrogen and oxygen atoms in total. The molecule has 0 aliphatic carbocycles. The van der Waals surface area contributed by atoms with Crippen molar-refractivity contribution in [2.75, 3.05) is 27.9 Å². The molecule has 0 aliphatic heterocycles. The van der Waals surface area contributed by atoms with E-state index in [1.54, 1.807) is 39.5 Å². The van der Waals surface area contributed by atoms with Gasteiger partial charge < -0.3 is 18.8 Å². The Hall–Kier alpha value is -2.36. The summed E-state index contributed by atoms with van der Waals surface area (Å²) in [5, 5.41) is 0. The lowest BCUT2D eigenvalue weighted by Crippen LogP contribution is -2.19. The van der Waals surface area contributed by atoms with Crippen molar-refractivity contribution in [2.24, 2.45) is 4.40 Å². The van der Waals surface area contributed by atoms with Crippen molar-refractivity contribution in [3.8, 4) is 11.5 Å². The van der Waals surface area contributed by atoms with E-state index in [1.807, 2.05) is 16.7 Å². The van der Waals surface area contributed by atoms with Gasteiger partial charge in [-0.05, 0) is 12.1 Å². The summed E-state index contributed by atoms with van der Waals surface area (Å²) < 4.78 is 48.0. The molecular weight excluding hydrogens is 388 g/mol. The summed E-state index contributed by atoms with van der Waals surface area (Å²) in [6.45, 7) is 0.869. The van der Waals surface area contributed by atoms with Crippen LogP contribution in [0, 0.1) is 0 Å². The molecule has 1 heterocycles. The average Bonchev–Trinajstić information content (AvgIpc) is 3.00. The minimum absolute atomic E-state index is 0.149. The van der Waals surface area contributed by atoms with Crippen LogP contribution in [0.5, 0.6) is 11.5 Å². The Morgan fingerprint density at radius 2 is 1.70 bits per heavy atom. The van der Waals surface area contributed by atoms with Gasteiger partial charge in [-0.3, -0.25) is 0 Å². The number of ether oxygens (including phenoxy) is 3. The first-order valence-electron chi connectivity index (χ1n) is 8.10. The van der Waals surface area contributed by atoms with Crippen molar-refractivity contribution in [3.63, 3.8) is 0 Å². The fourth-order valence-corrected chi connectivity index (χ4v) is 4.90. The zero-order valence-electron chi connectivity index (χ0n) is 15.2. The van der Waals surface area contributed by atoms with E-state index < -0.39 is 10.0 Å². The van der Waals surface area contributed by atoms with Crippen molar-refractivity contribution >= 4 is 31.6 Å². The van der Waals surface area contributed by atoms with Gasteiger partial charge in [-0.1, -0.05) is 29.5 Å². The Labute approximate surface area is 161 Å². The first-order valence-corrected chi connectivity index (χ1v) is 10.4. The Kier molecular flexibility index (Phi) is 5.83. The summed E-state index contributed by atoms with van der Waals surface area (Å²) >= 11 is 1.27. The van der Waals surface area contributed by atoms with Crippen LogP contribution in [0.2, 0.25) is 0 Å². The lowest BCUT2D eigenvalue weighted by molar-refractivity contribution is 0.187. The van der Waals surface area contributed by atoms with Gasteiger partial charge in [0.25, 0.3) is 10.0 Å². The maximum atomic E-state index is 12.7. The summed E-state index contributed by atoms with van der Waals surface area (Å²) in [4.78, 5) is 0.511. The van der Waals surface area contributed by atoms with E-state index in [-0.39, 0.29) is 4.90 Å². The number of methoxy groups -OCH3 is 3. The lowest BCUT2D eigenvalue weighted by Gasteiger charge is -2.09. The highest BCUT2D eigenvalue weighted by molar-refractivity contribution is 7.90. The number of hydrogen-bond donors (Lipinski definition) is 0. The van der Waals surface area contributed by atoms with E-state index in [9.17, 15) is 8.42 Å². The first kappa shape index (κ1) is 19.4. The highest BCUT2D eigenvalue weighted by Gasteiger charge is 2.16. The monoisotopic (exact) mass is 408 g/mol. The van der Waals surface area contributed by atoms with E-state index >= 15 is 0 Å². The van der Waals surface area contributed by atoms with Crippen LogP contribution < -0.4 is 14.3 Å². The standard InChI is InChI=1S/C18H20N2O5S2/c1-23-10-9-20-14-11-15(24-2)16(25-3)12-17(14)26-18(20)19-27(21,22)13-7-5-4-6-8-13/h4-8,11-12H,9-10H2,1-3H3. The minimum atomic E-state index is -3.83. The topological polar surface area (TPSA) is 79.1 Å². The predicted octanol–water partition coefficient (Wildman–Crippen LogP) is 2.66. The average molecular weight is 409 g/mol. The van der Waals surface area contributed by atoms with Crippen molar-refractivity contribution in [3.05, 3.63) is 47.3 Å². The summed E-state index contributed by atoms with van der Waals surface area (Å²) in [7, 11) is 0.878. The molecule has 0 spiro atoms. The van der Waals surface area contributed by atoms with Crippen LogP contribution in [0.4, 0.5) is 0 Å². The lowest BCUT2D eigenvalue weighted by atomic mass is 10.3. The molecule has 0 unspecified atom stereocenters. The molecular formula is C18H20N2O5S2. The predicted molar refractivity (Wildman–Crippen MR) is 104 cm³/mol. The first-order chi connectivity index (χ1) is 13.0. The Balaban J connectivity index is 2.25. The zero-order valence-corrected chi connectivity index (χ0v) is 16.8. The summed E-state index contributed by atoms with van der Waals surface area (Å²) in [5.41, 5.74) is 0.803. The molecule has 9 heteroatoms. The van der Waals surface area contributed by atoms with Crippen molar-refractivity contribution < 1.29 is 22.6 Å². The zero-order chi connectivity index (χ0) is 19.4. The van der Waals surface area contributed by atoms with Gasteiger partial charge in [-0.25, -0.2) is 0 Å². The second-order valence-corrected chi connectivity index (χ2v) is 8.20. The van der Waals surface area contributed by atoms with Crippen molar-refractivity contribution in [2.45, 2.75) is 11.4 Å². The van der Waals surface area contributed by atoms with Gasteiger partial charge in [0.1, 0.15) is 0 Å². The van der Waals surface area contributed by atoms with E-state index in [1.165, 1.54) is 23.5 Å².